The van der Waals surface area contributed by atoms with Gasteiger partial charge in [-0.05, 0) is 47.6 Å². The molecule has 0 spiro atoms. The van der Waals surface area contributed by atoms with Crippen molar-refractivity contribution in [3.05, 3.63) is 95.8 Å². The smallest absolute Gasteiger partial charge is 0.166 e. The lowest BCUT2D eigenvalue weighted by Crippen LogP contribution is -2.19. The SMILES string of the molecule is C=CC1CCC(c2ccc(-c3ccc(-c4ccc(CCC)c(F)c4F)cc3)cc2F)OC1. The summed E-state index contributed by atoms with van der Waals surface area (Å²) < 4.78 is 49.6. The van der Waals surface area contributed by atoms with Crippen LogP contribution in [0.5, 0.6) is 0 Å². The zero-order valence-electron chi connectivity index (χ0n) is 18.2. The highest BCUT2D eigenvalue weighted by molar-refractivity contribution is 5.71. The maximum absolute atomic E-state index is 14.9. The van der Waals surface area contributed by atoms with Gasteiger partial charge in [0.15, 0.2) is 11.6 Å². The van der Waals surface area contributed by atoms with Crippen LogP contribution in [0.15, 0.2) is 67.3 Å². The summed E-state index contributed by atoms with van der Waals surface area (Å²) in [6.45, 7) is 6.29. The largest absolute Gasteiger partial charge is 0.373 e. The van der Waals surface area contributed by atoms with Crippen LogP contribution in [-0.2, 0) is 11.2 Å². The molecule has 0 aromatic heterocycles. The zero-order chi connectivity index (χ0) is 22.7. The van der Waals surface area contributed by atoms with Crippen LogP contribution in [0, 0.1) is 23.4 Å². The number of rotatable bonds is 6. The van der Waals surface area contributed by atoms with E-state index in [-0.39, 0.29) is 17.5 Å². The third kappa shape index (κ3) is 4.51. The summed E-state index contributed by atoms with van der Waals surface area (Å²) in [5.41, 5.74) is 3.29. The molecule has 4 rings (SSSR count). The molecule has 3 aromatic carbocycles. The predicted molar refractivity (Wildman–Crippen MR) is 123 cm³/mol. The fourth-order valence-corrected chi connectivity index (χ4v) is 4.29. The van der Waals surface area contributed by atoms with Gasteiger partial charge in [-0.2, -0.15) is 0 Å². The van der Waals surface area contributed by atoms with Crippen molar-refractivity contribution in [2.45, 2.75) is 38.7 Å². The highest BCUT2D eigenvalue weighted by atomic mass is 19.2. The van der Waals surface area contributed by atoms with Gasteiger partial charge in [-0.25, -0.2) is 13.2 Å². The molecule has 1 saturated heterocycles. The number of hydrogen-bond donors (Lipinski definition) is 0. The third-order valence-electron chi connectivity index (χ3n) is 6.20. The highest BCUT2D eigenvalue weighted by Gasteiger charge is 2.24. The van der Waals surface area contributed by atoms with Crippen molar-refractivity contribution in [2.75, 3.05) is 6.61 Å². The van der Waals surface area contributed by atoms with Crippen molar-refractivity contribution in [3.8, 4) is 22.3 Å². The Morgan fingerprint density at radius 3 is 2.25 bits per heavy atom. The van der Waals surface area contributed by atoms with E-state index in [2.05, 4.69) is 6.58 Å². The van der Waals surface area contributed by atoms with Crippen molar-refractivity contribution < 1.29 is 17.9 Å². The number of aryl methyl sites for hydroxylation is 1. The molecule has 0 aliphatic carbocycles. The van der Waals surface area contributed by atoms with Gasteiger partial charge in [0.1, 0.15) is 5.82 Å². The summed E-state index contributed by atoms with van der Waals surface area (Å²) in [6, 6.07) is 15.5. The molecule has 1 nitrogen and oxygen atoms in total. The summed E-state index contributed by atoms with van der Waals surface area (Å²) in [6.07, 6.45) is 4.61. The number of halogens is 3. The molecule has 32 heavy (non-hydrogen) atoms. The van der Waals surface area contributed by atoms with Crippen molar-refractivity contribution in [1.82, 2.24) is 0 Å². The molecule has 0 N–H and O–H groups in total. The van der Waals surface area contributed by atoms with E-state index in [1.54, 1.807) is 42.5 Å². The van der Waals surface area contributed by atoms with Gasteiger partial charge in [-0.3, -0.25) is 0 Å². The lowest BCUT2D eigenvalue weighted by Gasteiger charge is -2.28. The van der Waals surface area contributed by atoms with Gasteiger partial charge in [0.05, 0.1) is 12.7 Å². The first-order chi connectivity index (χ1) is 15.5. The summed E-state index contributed by atoms with van der Waals surface area (Å²) in [7, 11) is 0. The summed E-state index contributed by atoms with van der Waals surface area (Å²) >= 11 is 0. The van der Waals surface area contributed by atoms with Crippen LogP contribution in [0.25, 0.3) is 22.3 Å². The second-order valence-electron chi connectivity index (χ2n) is 8.36. The Bertz CT molecular complexity index is 1100. The molecule has 4 heteroatoms. The molecule has 3 aromatic rings. The number of benzene rings is 3. The highest BCUT2D eigenvalue weighted by Crippen LogP contribution is 2.35. The molecule has 0 bridgehead atoms. The Labute approximate surface area is 187 Å². The molecule has 1 aliphatic rings. The Morgan fingerprint density at radius 2 is 1.62 bits per heavy atom. The van der Waals surface area contributed by atoms with E-state index >= 15 is 0 Å². The molecular formula is C28H27F3O. The molecule has 1 aliphatic heterocycles. The second kappa shape index (κ2) is 9.74. The van der Waals surface area contributed by atoms with E-state index in [0.29, 0.717) is 35.6 Å². The lowest BCUT2D eigenvalue weighted by molar-refractivity contribution is -0.00700. The van der Waals surface area contributed by atoms with Crippen LogP contribution >= 0.6 is 0 Å². The fraction of sp³-hybridized carbons (Fsp3) is 0.286. The van der Waals surface area contributed by atoms with E-state index < -0.39 is 11.6 Å². The van der Waals surface area contributed by atoms with Crippen molar-refractivity contribution in [2.24, 2.45) is 5.92 Å². The van der Waals surface area contributed by atoms with E-state index in [1.807, 2.05) is 19.1 Å². The lowest BCUT2D eigenvalue weighted by atomic mass is 9.93. The molecule has 2 atom stereocenters. The normalized spacial score (nSPS) is 18.5. The number of hydrogen-bond acceptors (Lipinski definition) is 1. The van der Waals surface area contributed by atoms with Crippen LogP contribution < -0.4 is 0 Å². The maximum atomic E-state index is 14.9. The minimum Gasteiger partial charge on any atom is -0.373 e. The number of ether oxygens (including phenoxy) is 1. The molecule has 0 radical (unpaired) electrons. The van der Waals surface area contributed by atoms with Crippen LogP contribution in [0.4, 0.5) is 13.2 Å². The van der Waals surface area contributed by atoms with E-state index in [9.17, 15) is 13.2 Å². The first-order valence-corrected chi connectivity index (χ1v) is 11.1. The quantitative estimate of drug-likeness (QED) is 0.355. The average Bonchev–Trinajstić information content (AvgIpc) is 2.82. The molecule has 0 amide bonds. The molecule has 2 unspecified atom stereocenters. The monoisotopic (exact) mass is 436 g/mol. The first kappa shape index (κ1) is 22.3. The van der Waals surface area contributed by atoms with Gasteiger partial charge in [0, 0.05) is 17.0 Å². The van der Waals surface area contributed by atoms with Crippen molar-refractivity contribution >= 4 is 0 Å². The van der Waals surface area contributed by atoms with Gasteiger partial charge in [-0.15, -0.1) is 6.58 Å². The minimum atomic E-state index is -0.828. The van der Waals surface area contributed by atoms with Gasteiger partial charge in [-0.1, -0.05) is 68.0 Å². The van der Waals surface area contributed by atoms with Gasteiger partial charge >= 0.3 is 0 Å². The van der Waals surface area contributed by atoms with Crippen molar-refractivity contribution in [1.29, 1.82) is 0 Å². The Balaban J connectivity index is 1.54. The van der Waals surface area contributed by atoms with Crippen LogP contribution in [0.2, 0.25) is 0 Å². The molecular weight excluding hydrogens is 409 g/mol. The van der Waals surface area contributed by atoms with Crippen LogP contribution in [0.3, 0.4) is 0 Å². The topological polar surface area (TPSA) is 9.23 Å². The van der Waals surface area contributed by atoms with Gasteiger partial charge in [0.25, 0.3) is 0 Å². The third-order valence-corrected chi connectivity index (χ3v) is 6.20. The van der Waals surface area contributed by atoms with E-state index in [0.717, 1.165) is 30.4 Å². The van der Waals surface area contributed by atoms with E-state index in [4.69, 9.17) is 4.74 Å². The van der Waals surface area contributed by atoms with Crippen LogP contribution in [-0.4, -0.2) is 6.61 Å². The van der Waals surface area contributed by atoms with E-state index in [1.165, 1.54) is 6.07 Å². The summed E-state index contributed by atoms with van der Waals surface area (Å²) in [5.74, 6) is -1.58. The van der Waals surface area contributed by atoms with Gasteiger partial charge in [0.2, 0.25) is 0 Å². The minimum absolute atomic E-state index is 0.225. The Morgan fingerprint density at radius 1 is 0.906 bits per heavy atom. The maximum Gasteiger partial charge on any atom is 0.166 e. The summed E-state index contributed by atoms with van der Waals surface area (Å²) in [5, 5.41) is 0. The fourth-order valence-electron chi connectivity index (χ4n) is 4.29. The summed E-state index contributed by atoms with van der Waals surface area (Å²) in [4.78, 5) is 0. The van der Waals surface area contributed by atoms with Crippen molar-refractivity contribution in [3.63, 3.8) is 0 Å². The standard InChI is InChI=1S/C28H27F3O/c1-3-5-21-11-13-23(28(31)27(21)30)20-9-7-19(8-10-20)22-12-14-24(25(29)16-22)26-15-6-18(4-2)17-32-26/h4,7-14,16,18,26H,2-3,5-6,15,17H2,1H3. The molecule has 1 heterocycles. The van der Waals surface area contributed by atoms with Crippen LogP contribution in [0.1, 0.15) is 43.4 Å². The first-order valence-electron chi connectivity index (χ1n) is 11.1. The Hall–Kier alpha value is -2.85. The second-order valence-corrected chi connectivity index (χ2v) is 8.36. The zero-order valence-corrected chi connectivity index (χ0v) is 18.2. The predicted octanol–water partition coefficient (Wildman–Crippen LogP) is 8.04. The molecule has 166 valence electrons. The van der Waals surface area contributed by atoms with Gasteiger partial charge < -0.3 is 4.74 Å². The Kier molecular flexibility index (Phi) is 6.80. The average molecular weight is 437 g/mol. The molecule has 1 fully saturated rings. The molecule has 0 saturated carbocycles.